The third-order valence-electron chi connectivity index (χ3n) is 3.32. The van der Waals surface area contributed by atoms with E-state index < -0.39 is 34.1 Å². The molecule has 0 radical (unpaired) electrons. The fourth-order valence-corrected chi connectivity index (χ4v) is 3.29. The number of nitrogens with one attached hydrogen (secondary N) is 2. The van der Waals surface area contributed by atoms with Gasteiger partial charge in [-0.25, -0.2) is 13.2 Å². The van der Waals surface area contributed by atoms with Crippen LogP contribution in [0.2, 0.25) is 0 Å². The van der Waals surface area contributed by atoms with Crippen LogP contribution in [0.25, 0.3) is 0 Å². The highest BCUT2D eigenvalue weighted by molar-refractivity contribution is 7.89. The van der Waals surface area contributed by atoms with Crippen molar-refractivity contribution in [2.24, 2.45) is 0 Å². The molecule has 1 fully saturated rings. The van der Waals surface area contributed by atoms with Crippen molar-refractivity contribution >= 4 is 33.6 Å². The SMILES string of the molecule is CC(=O)Nc1ccc(S(=O)(=O)N[C@@H](C)C(=O)O[C@@H]2CCOC2=O)cc1. The molecule has 136 valence electrons. The van der Waals surface area contributed by atoms with Crippen LogP contribution in [0.3, 0.4) is 0 Å². The number of carbonyl (C=O) groups is 3. The molecular weight excluding hydrogens is 352 g/mol. The van der Waals surface area contributed by atoms with E-state index in [1.807, 2.05) is 0 Å². The Labute approximate surface area is 144 Å². The van der Waals surface area contributed by atoms with Gasteiger partial charge in [-0.1, -0.05) is 0 Å². The van der Waals surface area contributed by atoms with E-state index in [0.717, 1.165) is 0 Å². The van der Waals surface area contributed by atoms with Crippen molar-refractivity contribution in [2.45, 2.75) is 37.3 Å². The van der Waals surface area contributed by atoms with Gasteiger partial charge in [-0.2, -0.15) is 4.72 Å². The van der Waals surface area contributed by atoms with Gasteiger partial charge < -0.3 is 14.8 Å². The fraction of sp³-hybridized carbons (Fsp3) is 0.400. The zero-order chi connectivity index (χ0) is 18.6. The van der Waals surface area contributed by atoms with Crippen LogP contribution in [0.15, 0.2) is 29.2 Å². The van der Waals surface area contributed by atoms with Crippen LogP contribution in [0, 0.1) is 0 Å². The first-order valence-electron chi connectivity index (χ1n) is 7.46. The lowest BCUT2D eigenvalue weighted by molar-refractivity contribution is -0.161. The topological polar surface area (TPSA) is 128 Å². The molecular formula is C15H18N2O7S. The first-order valence-corrected chi connectivity index (χ1v) is 8.94. The minimum atomic E-state index is -3.98. The summed E-state index contributed by atoms with van der Waals surface area (Å²) in [5.41, 5.74) is 0.443. The summed E-state index contributed by atoms with van der Waals surface area (Å²) < 4.78 is 36.4. The largest absolute Gasteiger partial charge is 0.463 e. The van der Waals surface area contributed by atoms with Gasteiger partial charge in [0.2, 0.25) is 22.0 Å². The molecule has 2 N–H and O–H groups in total. The zero-order valence-electron chi connectivity index (χ0n) is 13.6. The molecule has 2 atom stereocenters. The van der Waals surface area contributed by atoms with Gasteiger partial charge in [-0.05, 0) is 31.2 Å². The minimum Gasteiger partial charge on any atom is -0.463 e. The molecule has 10 heteroatoms. The van der Waals surface area contributed by atoms with E-state index in [1.165, 1.54) is 38.1 Å². The number of sulfonamides is 1. The summed E-state index contributed by atoms with van der Waals surface area (Å²) in [6.45, 7) is 2.81. The number of rotatable bonds is 6. The molecule has 9 nitrogen and oxygen atoms in total. The Balaban J connectivity index is 2.00. The summed E-state index contributed by atoms with van der Waals surface area (Å²) >= 11 is 0. The Bertz CT molecular complexity index is 774. The highest BCUT2D eigenvalue weighted by Crippen LogP contribution is 2.15. The average molecular weight is 370 g/mol. The second-order valence-corrected chi connectivity index (χ2v) is 7.14. The number of cyclic esters (lactones) is 1. The van der Waals surface area contributed by atoms with E-state index in [2.05, 4.69) is 14.8 Å². The van der Waals surface area contributed by atoms with Crippen molar-refractivity contribution < 1.29 is 32.3 Å². The predicted molar refractivity (Wildman–Crippen MR) is 86.0 cm³/mol. The molecule has 1 heterocycles. The van der Waals surface area contributed by atoms with E-state index in [4.69, 9.17) is 4.74 Å². The maximum Gasteiger partial charge on any atom is 0.347 e. The maximum atomic E-state index is 12.3. The van der Waals surface area contributed by atoms with E-state index in [0.29, 0.717) is 5.69 Å². The second-order valence-electron chi connectivity index (χ2n) is 5.43. The summed E-state index contributed by atoms with van der Waals surface area (Å²) in [5.74, 6) is -1.80. The number of amides is 1. The molecule has 25 heavy (non-hydrogen) atoms. The van der Waals surface area contributed by atoms with Crippen LogP contribution in [-0.4, -0.2) is 45.0 Å². The first kappa shape index (κ1) is 18.9. The number of esters is 2. The Morgan fingerprint density at radius 1 is 1.28 bits per heavy atom. The molecule has 1 amide bonds. The fourth-order valence-electron chi connectivity index (χ4n) is 2.10. The lowest BCUT2D eigenvalue weighted by Gasteiger charge is -2.15. The molecule has 0 spiro atoms. The number of hydrogen-bond acceptors (Lipinski definition) is 7. The van der Waals surface area contributed by atoms with Gasteiger partial charge in [-0.3, -0.25) is 9.59 Å². The van der Waals surface area contributed by atoms with E-state index >= 15 is 0 Å². The normalized spacial score (nSPS) is 18.3. The third-order valence-corrected chi connectivity index (χ3v) is 4.87. The zero-order valence-corrected chi connectivity index (χ0v) is 14.5. The van der Waals surface area contributed by atoms with Crippen molar-refractivity contribution in [3.63, 3.8) is 0 Å². The lowest BCUT2D eigenvalue weighted by Crippen LogP contribution is -2.41. The van der Waals surface area contributed by atoms with Crippen LogP contribution >= 0.6 is 0 Å². The van der Waals surface area contributed by atoms with Crippen LogP contribution in [-0.2, 0) is 33.9 Å². The average Bonchev–Trinajstić information content (AvgIpc) is 2.92. The van der Waals surface area contributed by atoms with Gasteiger partial charge in [0.1, 0.15) is 6.04 Å². The van der Waals surface area contributed by atoms with Crippen molar-refractivity contribution in [2.75, 3.05) is 11.9 Å². The Hall–Kier alpha value is -2.46. The van der Waals surface area contributed by atoms with Crippen LogP contribution in [0.4, 0.5) is 5.69 Å². The minimum absolute atomic E-state index is 0.0819. The van der Waals surface area contributed by atoms with Gasteiger partial charge in [0.25, 0.3) is 0 Å². The van der Waals surface area contributed by atoms with Crippen LogP contribution in [0.5, 0.6) is 0 Å². The summed E-state index contributed by atoms with van der Waals surface area (Å²) in [6, 6.07) is 4.24. The summed E-state index contributed by atoms with van der Waals surface area (Å²) in [5, 5.41) is 2.51. The van der Waals surface area contributed by atoms with Crippen LogP contribution in [0.1, 0.15) is 20.3 Å². The third kappa shape index (κ3) is 5.00. The number of anilines is 1. The van der Waals surface area contributed by atoms with Gasteiger partial charge in [0.05, 0.1) is 11.5 Å². The molecule has 1 aromatic rings. The Morgan fingerprint density at radius 2 is 1.92 bits per heavy atom. The smallest absolute Gasteiger partial charge is 0.347 e. The second kappa shape index (κ2) is 7.62. The van der Waals surface area contributed by atoms with Gasteiger partial charge >= 0.3 is 11.9 Å². The molecule has 0 bridgehead atoms. The molecule has 1 aromatic carbocycles. The predicted octanol–water partition coefficient (Wildman–Crippen LogP) is 0.170. The van der Waals surface area contributed by atoms with Crippen molar-refractivity contribution in [3.05, 3.63) is 24.3 Å². The number of benzene rings is 1. The van der Waals surface area contributed by atoms with Crippen molar-refractivity contribution in [1.29, 1.82) is 0 Å². The highest BCUT2D eigenvalue weighted by atomic mass is 32.2. The van der Waals surface area contributed by atoms with E-state index in [-0.39, 0.29) is 23.8 Å². The highest BCUT2D eigenvalue weighted by Gasteiger charge is 2.32. The molecule has 1 saturated heterocycles. The van der Waals surface area contributed by atoms with Gasteiger partial charge in [0, 0.05) is 19.0 Å². The number of ether oxygens (including phenoxy) is 2. The van der Waals surface area contributed by atoms with E-state index in [1.54, 1.807) is 0 Å². The van der Waals surface area contributed by atoms with Crippen LogP contribution < -0.4 is 10.0 Å². The number of carbonyl (C=O) groups excluding carboxylic acids is 3. The number of hydrogen-bond donors (Lipinski definition) is 2. The molecule has 1 aliphatic heterocycles. The quantitative estimate of drug-likeness (QED) is 0.683. The summed E-state index contributed by atoms with van der Waals surface area (Å²) in [7, 11) is -3.98. The Kier molecular flexibility index (Phi) is 5.75. The van der Waals surface area contributed by atoms with Gasteiger partial charge in [-0.15, -0.1) is 0 Å². The van der Waals surface area contributed by atoms with E-state index in [9.17, 15) is 22.8 Å². The summed E-state index contributed by atoms with van der Waals surface area (Å²) in [4.78, 5) is 34.1. The monoisotopic (exact) mass is 370 g/mol. The summed E-state index contributed by atoms with van der Waals surface area (Å²) in [6.07, 6.45) is -0.759. The maximum absolute atomic E-state index is 12.3. The standard InChI is InChI=1S/C15H18N2O7S/c1-9(14(19)24-13-7-8-23-15(13)20)17-25(21,22)12-5-3-11(4-6-12)16-10(2)18/h3-6,9,13,17H,7-8H2,1-2H3,(H,16,18)/t9-,13+/m0/s1. The molecule has 0 saturated carbocycles. The van der Waals surface area contributed by atoms with Gasteiger partial charge in [0.15, 0.2) is 0 Å². The van der Waals surface area contributed by atoms with Crippen molar-refractivity contribution in [1.82, 2.24) is 4.72 Å². The lowest BCUT2D eigenvalue weighted by atomic mass is 10.3. The molecule has 2 rings (SSSR count). The first-order chi connectivity index (χ1) is 11.7. The molecule has 0 unspecified atom stereocenters. The Morgan fingerprint density at radius 3 is 2.44 bits per heavy atom. The molecule has 1 aliphatic rings. The molecule has 0 aromatic heterocycles. The van der Waals surface area contributed by atoms with Crippen molar-refractivity contribution in [3.8, 4) is 0 Å². The molecule has 0 aliphatic carbocycles.